The Morgan fingerprint density at radius 3 is 2.46 bits per heavy atom. The first-order valence-electron chi connectivity index (χ1n) is 7.77. The van der Waals surface area contributed by atoms with Gasteiger partial charge < -0.3 is 4.74 Å². The lowest BCUT2D eigenvalue weighted by molar-refractivity contribution is 0.0517. The van der Waals surface area contributed by atoms with Crippen LogP contribution in [-0.4, -0.2) is 25.0 Å². The van der Waals surface area contributed by atoms with E-state index in [9.17, 15) is 13.2 Å². The maximum Gasteiger partial charge on any atom is 0.357 e. The molecule has 0 aliphatic carbocycles. The highest BCUT2D eigenvalue weighted by atomic mass is 79.9. The smallest absolute Gasteiger partial charge is 0.357 e. The molecule has 3 rings (SSSR count). The minimum absolute atomic E-state index is 0.0718. The molecule has 5 nitrogen and oxygen atoms in total. The zero-order valence-corrected chi connectivity index (χ0v) is 17.2. The summed E-state index contributed by atoms with van der Waals surface area (Å²) in [5.74, 6) is -0.731. The highest BCUT2D eigenvalue weighted by Crippen LogP contribution is 2.38. The minimum atomic E-state index is -4.03. The molecular weight excluding hydrogens is 442 g/mol. The molecule has 0 amide bonds. The van der Waals surface area contributed by atoms with E-state index >= 15 is 0 Å². The molecule has 0 saturated carbocycles. The first kappa shape index (κ1) is 18.9. The lowest BCUT2D eigenvalue weighted by Gasteiger charge is -2.11. The first-order valence-corrected chi connectivity index (χ1v) is 10.4. The van der Waals surface area contributed by atoms with Crippen LogP contribution >= 0.6 is 27.5 Å². The number of esters is 1. The molecule has 0 unspecified atom stereocenters. The maximum absolute atomic E-state index is 13.3. The molecule has 0 N–H and O–H groups in total. The number of hydrogen-bond acceptors (Lipinski definition) is 4. The Bertz CT molecular complexity index is 1110. The Kier molecular flexibility index (Phi) is 5.14. The second kappa shape index (κ2) is 7.06. The van der Waals surface area contributed by atoms with Gasteiger partial charge in [-0.2, -0.15) is 0 Å². The van der Waals surface area contributed by atoms with E-state index in [0.29, 0.717) is 26.0 Å². The first-order chi connectivity index (χ1) is 12.3. The van der Waals surface area contributed by atoms with E-state index in [1.807, 2.05) is 0 Å². The van der Waals surface area contributed by atoms with Crippen LogP contribution in [0.15, 0.2) is 51.8 Å². The zero-order valence-electron chi connectivity index (χ0n) is 14.0. The summed E-state index contributed by atoms with van der Waals surface area (Å²) in [6.45, 7) is 3.55. The molecule has 1 heterocycles. The van der Waals surface area contributed by atoms with Crippen LogP contribution < -0.4 is 0 Å². The van der Waals surface area contributed by atoms with Gasteiger partial charge in [-0.3, -0.25) is 0 Å². The van der Waals surface area contributed by atoms with Gasteiger partial charge in [0.05, 0.1) is 21.5 Å². The Morgan fingerprint density at radius 2 is 1.85 bits per heavy atom. The fourth-order valence-electron chi connectivity index (χ4n) is 2.77. The quantitative estimate of drug-likeness (QED) is 0.530. The molecule has 0 aliphatic rings. The van der Waals surface area contributed by atoms with Crippen LogP contribution in [0.5, 0.6) is 0 Å². The summed E-state index contributed by atoms with van der Waals surface area (Å²) in [7, 11) is -4.03. The molecule has 136 valence electrons. The zero-order chi connectivity index (χ0) is 19.1. The number of carbonyl (C=O) groups is 1. The molecule has 2 aromatic carbocycles. The lowest BCUT2D eigenvalue weighted by Crippen LogP contribution is -2.20. The minimum Gasteiger partial charge on any atom is -0.461 e. The molecule has 0 bridgehead atoms. The summed E-state index contributed by atoms with van der Waals surface area (Å²) in [6, 6.07) is 11.1. The number of aromatic nitrogens is 1. The maximum atomic E-state index is 13.3. The molecule has 0 fully saturated rings. The van der Waals surface area contributed by atoms with Gasteiger partial charge in [-0.25, -0.2) is 17.2 Å². The van der Waals surface area contributed by atoms with Gasteiger partial charge in [0.25, 0.3) is 10.0 Å². The van der Waals surface area contributed by atoms with Crippen LogP contribution in [0.4, 0.5) is 0 Å². The van der Waals surface area contributed by atoms with E-state index in [2.05, 4.69) is 15.9 Å². The van der Waals surface area contributed by atoms with Gasteiger partial charge in [-0.05, 0) is 59.6 Å². The van der Waals surface area contributed by atoms with Gasteiger partial charge in [-0.15, -0.1) is 0 Å². The second-order valence-electron chi connectivity index (χ2n) is 5.53. The van der Waals surface area contributed by atoms with Crippen molar-refractivity contribution in [2.75, 3.05) is 6.61 Å². The van der Waals surface area contributed by atoms with Gasteiger partial charge in [0.1, 0.15) is 0 Å². The van der Waals surface area contributed by atoms with Crippen molar-refractivity contribution < 1.29 is 17.9 Å². The van der Waals surface area contributed by atoms with Crippen LogP contribution in [0.1, 0.15) is 23.0 Å². The fraction of sp³-hybridized carbons (Fsp3) is 0.167. The fourth-order valence-corrected chi connectivity index (χ4v) is 5.41. The number of nitrogens with zero attached hydrogens (tertiary/aromatic N) is 1. The topological polar surface area (TPSA) is 65.4 Å². The van der Waals surface area contributed by atoms with Crippen molar-refractivity contribution in [2.24, 2.45) is 0 Å². The van der Waals surface area contributed by atoms with Gasteiger partial charge in [0.2, 0.25) is 0 Å². The largest absolute Gasteiger partial charge is 0.461 e. The Morgan fingerprint density at radius 1 is 1.19 bits per heavy atom. The standard InChI is InChI=1S/C18H15BrClNO4S/c1-3-25-18(22)17-16(19)15-11(2)13(20)9-10-14(15)21(17)26(23,24)12-7-5-4-6-8-12/h4-10H,3H2,1-2H3. The molecular formula is C18H15BrClNO4S. The Hall–Kier alpha value is -1.83. The molecule has 0 saturated heterocycles. The average molecular weight is 457 g/mol. The van der Waals surface area contributed by atoms with Crippen molar-refractivity contribution in [2.45, 2.75) is 18.7 Å². The Balaban J connectivity index is 2.46. The third kappa shape index (κ3) is 2.94. The monoisotopic (exact) mass is 455 g/mol. The summed E-state index contributed by atoms with van der Waals surface area (Å²) in [5.41, 5.74) is 0.936. The summed E-state index contributed by atoms with van der Waals surface area (Å²) in [6.07, 6.45) is 0. The molecule has 3 aromatic rings. The summed E-state index contributed by atoms with van der Waals surface area (Å²) < 4.78 is 33.0. The lowest BCUT2D eigenvalue weighted by atomic mass is 10.1. The SMILES string of the molecule is CCOC(=O)c1c(Br)c2c(C)c(Cl)ccc2n1S(=O)(=O)c1ccccc1. The third-order valence-corrected chi connectivity index (χ3v) is 6.89. The van der Waals surface area contributed by atoms with Crippen LogP contribution in [0, 0.1) is 6.92 Å². The number of rotatable bonds is 4. The van der Waals surface area contributed by atoms with Gasteiger partial charge in [-0.1, -0.05) is 29.8 Å². The summed E-state index contributed by atoms with van der Waals surface area (Å²) in [5, 5.41) is 1.03. The average Bonchev–Trinajstić information content (AvgIpc) is 2.93. The molecule has 0 radical (unpaired) electrons. The van der Waals surface area contributed by atoms with Crippen LogP contribution in [0.25, 0.3) is 10.9 Å². The van der Waals surface area contributed by atoms with Crippen LogP contribution in [0.2, 0.25) is 5.02 Å². The van der Waals surface area contributed by atoms with E-state index < -0.39 is 16.0 Å². The summed E-state index contributed by atoms with van der Waals surface area (Å²) in [4.78, 5) is 12.6. The van der Waals surface area contributed by atoms with Crippen molar-refractivity contribution in [1.82, 2.24) is 3.97 Å². The number of hydrogen-bond donors (Lipinski definition) is 0. The number of aryl methyl sites for hydroxylation is 1. The number of carbonyl (C=O) groups excluding carboxylic acids is 1. The predicted molar refractivity (Wildman–Crippen MR) is 104 cm³/mol. The molecule has 0 atom stereocenters. The molecule has 1 aromatic heterocycles. The number of benzene rings is 2. The second-order valence-corrected chi connectivity index (χ2v) is 8.52. The van der Waals surface area contributed by atoms with E-state index in [4.69, 9.17) is 16.3 Å². The third-order valence-electron chi connectivity index (χ3n) is 3.98. The van der Waals surface area contributed by atoms with Crippen molar-refractivity contribution in [3.05, 3.63) is 63.2 Å². The van der Waals surface area contributed by atoms with Crippen LogP contribution in [-0.2, 0) is 14.8 Å². The van der Waals surface area contributed by atoms with E-state index in [-0.39, 0.29) is 17.2 Å². The predicted octanol–water partition coefficient (Wildman–Crippen LogP) is 4.78. The van der Waals surface area contributed by atoms with Crippen LogP contribution in [0.3, 0.4) is 0 Å². The van der Waals surface area contributed by atoms with E-state index in [0.717, 1.165) is 3.97 Å². The van der Waals surface area contributed by atoms with Gasteiger partial charge in [0, 0.05) is 10.4 Å². The highest BCUT2D eigenvalue weighted by molar-refractivity contribution is 9.10. The van der Waals surface area contributed by atoms with Gasteiger partial charge >= 0.3 is 5.97 Å². The van der Waals surface area contributed by atoms with Crippen molar-refractivity contribution in [1.29, 1.82) is 0 Å². The highest BCUT2D eigenvalue weighted by Gasteiger charge is 2.31. The number of fused-ring (bicyclic) bond motifs is 1. The molecule has 0 aliphatic heterocycles. The Labute approximate surface area is 164 Å². The van der Waals surface area contributed by atoms with E-state index in [1.54, 1.807) is 44.2 Å². The number of ether oxygens (including phenoxy) is 1. The molecule has 8 heteroatoms. The van der Waals surface area contributed by atoms with E-state index in [1.165, 1.54) is 12.1 Å². The van der Waals surface area contributed by atoms with Gasteiger partial charge in [0.15, 0.2) is 5.69 Å². The van der Waals surface area contributed by atoms with Crippen molar-refractivity contribution in [3.8, 4) is 0 Å². The molecule has 26 heavy (non-hydrogen) atoms. The summed E-state index contributed by atoms with van der Waals surface area (Å²) >= 11 is 9.58. The normalized spacial score (nSPS) is 11.7. The number of halogens is 2. The molecule has 0 spiro atoms. The van der Waals surface area contributed by atoms with Crippen molar-refractivity contribution >= 4 is 54.4 Å². The van der Waals surface area contributed by atoms with Crippen molar-refractivity contribution in [3.63, 3.8) is 0 Å².